The second-order valence-electron chi connectivity index (χ2n) is 7.24. The zero-order chi connectivity index (χ0) is 17.8. The summed E-state index contributed by atoms with van der Waals surface area (Å²) in [5.74, 6) is 0.546. The van der Waals surface area contributed by atoms with Gasteiger partial charge in [0.2, 0.25) is 0 Å². The number of carbonyl (C=O) groups is 2. The summed E-state index contributed by atoms with van der Waals surface area (Å²) in [5.41, 5.74) is 0. The van der Waals surface area contributed by atoms with Crippen LogP contribution < -0.4 is 0 Å². The van der Waals surface area contributed by atoms with Crippen molar-refractivity contribution in [1.82, 2.24) is 0 Å². The second kappa shape index (κ2) is 12.3. The largest absolute Gasteiger partial charge is 0.469 e. The molecule has 2 unspecified atom stereocenters. The quantitative estimate of drug-likeness (QED) is 0.217. The number of methoxy groups -OCH3 is 1. The van der Waals surface area contributed by atoms with Gasteiger partial charge in [-0.25, -0.2) is 0 Å². The molecule has 0 aromatic carbocycles. The molecular weight excluding hydrogens is 300 g/mol. The Bertz CT molecular complexity index is 400. The molecular formula is C21H36O3. The second-order valence-corrected chi connectivity index (χ2v) is 7.24. The lowest BCUT2D eigenvalue weighted by Gasteiger charge is -2.24. The SMILES string of the molecule is CCCCCCCCC1CC=CC(C(=O)CC(=O)OC)[C@@H](CC)C1. The Kier molecular flexibility index (Phi) is 10.7. The van der Waals surface area contributed by atoms with E-state index in [2.05, 4.69) is 30.7 Å². The molecule has 0 radical (unpaired) electrons. The third kappa shape index (κ3) is 7.63. The molecule has 0 bridgehead atoms. The van der Waals surface area contributed by atoms with E-state index in [0.717, 1.165) is 19.3 Å². The van der Waals surface area contributed by atoms with Crippen molar-refractivity contribution in [3.05, 3.63) is 12.2 Å². The highest BCUT2D eigenvalue weighted by molar-refractivity contribution is 5.97. The maximum atomic E-state index is 12.4. The molecule has 24 heavy (non-hydrogen) atoms. The first-order chi connectivity index (χ1) is 11.6. The van der Waals surface area contributed by atoms with Crippen LogP contribution in [0.15, 0.2) is 12.2 Å². The normalized spacial score (nSPS) is 23.7. The molecule has 1 aliphatic carbocycles. The van der Waals surface area contributed by atoms with Crippen LogP contribution in [-0.4, -0.2) is 18.9 Å². The average molecular weight is 337 g/mol. The summed E-state index contributed by atoms with van der Waals surface area (Å²) in [5, 5.41) is 0. The van der Waals surface area contributed by atoms with Gasteiger partial charge < -0.3 is 4.74 Å². The van der Waals surface area contributed by atoms with E-state index in [0.29, 0.717) is 11.8 Å². The minimum absolute atomic E-state index is 0.0187. The smallest absolute Gasteiger partial charge is 0.313 e. The van der Waals surface area contributed by atoms with E-state index in [1.807, 2.05) is 0 Å². The molecule has 3 heteroatoms. The van der Waals surface area contributed by atoms with Crippen molar-refractivity contribution >= 4 is 11.8 Å². The summed E-state index contributed by atoms with van der Waals surface area (Å²) >= 11 is 0. The number of Topliss-reactive ketones (excluding diaryl/α,β-unsaturated/α-hetero) is 1. The maximum absolute atomic E-state index is 12.4. The van der Waals surface area contributed by atoms with Gasteiger partial charge in [-0.05, 0) is 24.7 Å². The van der Waals surface area contributed by atoms with Crippen LogP contribution >= 0.6 is 0 Å². The Morgan fingerprint density at radius 1 is 1.08 bits per heavy atom. The Balaban J connectivity index is 2.44. The van der Waals surface area contributed by atoms with Crippen molar-refractivity contribution in [2.24, 2.45) is 17.8 Å². The van der Waals surface area contributed by atoms with Crippen LogP contribution in [0.5, 0.6) is 0 Å². The summed E-state index contributed by atoms with van der Waals surface area (Å²) in [6, 6.07) is 0. The molecule has 1 rings (SSSR count). The number of hydrogen-bond donors (Lipinski definition) is 0. The van der Waals surface area contributed by atoms with Gasteiger partial charge in [0.05, 0.1) is 7.11 Å². The minimum Gasteiger partial charge on any atom is -0.469 e. The zero-order valence-electron chi connectivity index (χ0n) is 15.9. The number of allylic oxidation sites excluding steroid dienone is 2. The number of ketones is 1. The predicted octanol–water partition coefficient (Wildman–Crippen LogP) is 5.48. The molecule has 0 aromatic rings. The third-order valence-electron chi connectivity index (χ3n) is 5.37. The van der Waals surface area contributed by atoms with Crippen LogP contribution in [0.25, 0.3) is 0 Å². The summed E-state index contributed by atoms with van der Waals surface area (Å²) in [6.45, 7) is 4.41. The standard InChI is InChI=1S/C21H36O3/c1-4-6-7-8-9-10-12-17-13-11-14-19(18(5-2)15-17)20(22)16-21(23)24-3/h11,14,17-19H,4-10,12-13,15-16H2,1-3H3/t17?,18-,19?/m0/s1. The lowest BCUT2D eigenvalue weighted by Crippen LogP contribution is -2.25. The van der Waals surface area contributed by atoms with Crippen molar-refractivity contribution in [3.63, 3.8) is 0 Å². The van der Waals surface area contributed by atoms with Crippen LogP contribution in [-0.2, 0) is 14.3 Å². The van der Waals surface area contributed by atoms with Crippen LogP contribution in [0.3, 0.4) is 0 Å². The van der Waals surface area contributed by atoms with Gasteiger partial charge in [0.15, 0.2) is 5.78 Å². The van der Waals surface area contributed by atoms with E-state index >= 15 is 0 Å². The van der Waals surface area contributed by atoms with Crippen molar-refractivity contribution in [1.29, 1.82) is 0 Å². The molecule has 0 saturated heterocycles. The van der Waals surface area contributed by atoms with Gasteiger partial charge in [-0.3, -0.25) is 9.59 Å². The summed E-state index contributed by atoms with van der Waals surface area (Å²) in [6.07, 6.45) is 16.6. The Labute approximate surface area is 148 Å². The first-order valence-corrected chi connectivity index (χ1v) is 9.88. The summed E-state index contributed by atoms with van der Waals surface area (Å²) < 4.78 is 4.64. The van der Waals surface area contributed by atoms with Crippen molar-refractivity contribution in [3.8, 4) is 0 Å². The molecule has 1 aliphatic rings. The molecule has 0 amide bonds. The van der Waals surface area contributed by atoms with Gasteiger partial charge in [-0.15, -0.1) is 0 Å². The van der Waals surface area contributed by atoms with Gasteiger partial charge in [0.1, 0.15) is 6.42 Å². The molecule has 0 fully saturated rings. The molecule has 3 atom stereocenters. The molecule has 0 N–H and O–H groups in total. The predicted molar refractivity (Wildman–Crippen MR) is 98.8 cm³/mol. The first kappa shape index (κ1) is 20.9. The van der Waals surface area contributed by atoms with Crippen molar-refractivity contribution in [2.45, 2.75) is 84.5 Å². The highest BCUT2D eigenvalue weighted by atomic mass is 16.5. The lowest BCUT2D eigenvalue weighted by molar-refractivity contribution is -0.144. The van der Waals surface area contributed by atoms with Crippen LogP contribution in [0.1, 0.15) is 84.5 Å². The van der Waals surface area contributed by atoms with Gasteiger partial charge in [0.25, 0.3) is 0 Å². The van der Waals surface area contributed by atoms with Crippen LogP contribution in [0.2, 0.25) is 0 Å². The molecule has 0 saturated carbocycles. The minimum atomic E-state index is -0.420. The number of rotatable bonds is 11. The van der Waals surface area contributed by atoms with Gasteiger partial charge in [0, 0.05) is 5.92 Å². The fourth-order valence-corrected chi connectivity index (χ4v) is 3.82. The van der Waals surface area contributed by atoms with E-state index in [4.69, 9.17) is 0 Å². The van der Waals surface area contributed by atoms with E-state index in [1.54, 1.807) is 0 Å². The Morgan fingerprint density at radius 3 is 2.46 bits per heavy atom. The Morgan fingerprint density at radius 2 is 1.79 bits per heavy atom. The molecule has 0 aromatic heterocycles. The number of hydrogen-bond acceptors (Lipinski definition) is 3. The van der Waals surface area contributed by atoms with E-state index < -0.39 is 5.97 Å². The fourth-order valence-electron chi connectivity index (χ4n) is 3.82. The fraction of sp³-hybridized carbons (Fsp3) is 0.810. The number of carbonyl (C=O) groups excluding carboxylic acids is 2. The molecule has 0 aliphatic heterocycles. The number of ether oxygens (including phenoxy) is 1. The monoisotopic (exact) mass is 336 g/mol. The van der Waals surface area contributed by atoms with Crippen LogP contribution in [0.4, 0.5) is 0 Å². The van der Waals surface area contributed by atoms with Gasteiger partial charge in [-0.1, -0.05) is 77.4 Å². The average Bonchev–Trinajstić information content (AvgIpc) is 2.79. The van der Waals surface area contributed by atoms with E-state index in [9.17, 15) is 9.59 Å². The maximum Gasteiger partial charge on any atom is 0.313 e. The van der Waals surface area contributed by atoms with E-state index in [1.165, 1.54) is 52.1 Å². The highest BCUT2D eigenvalue weighted by Gasteiger charge is 2.30. The van der Waals surface area contributed by atoms with Crippen molar-refractivity contribution < 1.29 is 14.3 Å². The van der Waals surface area contributed by atoms with E-state index in [-0.39, 0.29) is 18.1 Å². The number of esters is 1. The highest BCUT2D eigenvalue weighted by Crippen LogP contribution is 2.34. The van der Waals surface area contributed by atoms with Gasteiger partial charge in [-0.2, -0.15) is 0 Å². The summed E-state index contributed by atoms with van der Waals surface area (Å²) in [4.78, 5) is 23.8. The van der Waals surface area contributed by atoms with Crippen molar-refractivity contribution in [2.75, 3.05) is 7.11 Å². The first-order valence-electron chi connectivity index (χ1n) is 9.88. The summed E-state index contributed by atoms with van der Waals surface area (Å²) in [7, 11) is 1.34. The molecule has 138 valence electrons. The number of unbranched alkanes of at least 4 members (excludes halogenated alkanes) is 5. The molecule has 0 spiro atoms. The Hall–Kier alpha value is -1.12. The zero-order valence-corrected chi connectivity index (χ0v) is 15.9. The van der Waals surface area contributed by atoms with Crippen LogP contribution in [0, 0.1) is 17.8 Å². The third-order valence-corrected chi connectivity index (χ3v) is 5.37. The lowest BCUT2D eigenvalue weighted by atomic mass is 9.80. The topological polar surface area (TPSA) is 43.4 Å². The molecule has 3 nitrogen and oxygen atoms in total. The molecule has 0 heterocycles. The van der Waals surface area contributed by atoms with Gasteiger partial charge >= 0.3 is 5.97 Å².